The molecule has 3 nitrogen and oxygen atoms in total. The minimum Gasteiger partial charge on any atom is -0.342 e. The largest absolute Gasteiger partial charge is 0.342 e. The number of H-pyrrole nitrogens is 1. The fourth-order valence-corrected chi connectivity index (χ4v) is 1.93. The Morgan fingerprint density at radius 1 is 1.29 bits per heavy atom. The second kappa shape index (κ2) is 4.84. The van der Waals surface area contributed by atoms with E-state index in [1.54, 1.807) is 12.1 Å². The molecule has 92 valence electrons. The summed E-state index contributed by atoms with van der Waals surface area (Å²) >= 11 is 11.9. The van der Waals surface area contributed by atoms with Crippen LogP contribution < -0.4 is 5.73 Å². The van der Waals surface area contributed by atoms with Gasteiger partial charge in [0, 0.05) is 12.5 Å². The van der Waals surface area contributed by atoms with Crippen LogP contribution in [0.4, 0.5) is 0 Å². The molecule has 2 aromatic rings. The molecule has 5 heteroatoms. The molecule has 0 bridgehead atoms. The topological polar surface area (TPSA) is 54.7 Å². The van der Waals surface area contributed by atoms with Crippen molar-refractivity contribution < 1.29 is 0 Å². The van der Waals surface area contributed by atoms with Gasteiger partial charge in [-0.15, -0.1) is 0 Å². The van der Waals surface area contributed by atoms with E-state index in [1.807, 2.05) is 0 Å². The standard InChI is InChI=1S/C12H15Cl2N3/c1-6(2)9(15)5-12-16-10-3-7(13)8(14)4-11(10)17-12/h3-4,6,9H,5,15H2,1-2H3,(H,16,17). The molecule has 0 aliphatic carbocycles. The molecule has 0 aliphatic rings. The van der Waals surface area contributed by atoms with Gasteiger partial charge >= 0.3 is 0 Å². The van der Waals surface area contributed by atoms with E-state index in [4.69, 9.17) is 28.9 Å². The fourth-order valence-electron chi connectivity index (χ4n) is 1.61. The number of rotatable bonds is 3. The van der Waals surface area contributed by atoms with Crippen LogP contribution in [0.5, 0.6) is 0 Å². The van der Waals surface area contributed by atoms with Gasteiger partial charge in [-0.1, -0.05) is 37.0 Å². The molecule has 17 heavy (non-hydrogen) atoms. The summed E-state index contributed by atoms with van der Waals surface area (Å²) in [6, 6.07) is 3.65. The Kier molecular flexibility index (Phi) is 3.61. The maximum Gasteiger partial charge on any atom is 0.108 e. The highest BCUT2D eigenvalue weighted by atomic mass is 35.5. The third-order valence-corrected chi connectivity index (χ3v) is 3.58. The first kappa shape index (κ1) is 12.7. The van der Waals surface area contributed by atoms with Gasteiger partial charge in [0.1, 0.15) is 5.82 Å². The second-order valence-electron chi connectivity index (χ2n) is 4.58. The second-order valence-corrected chi connectivity index (χ2v) is 5.39. The Bertz CT molecular complexity index is 495. The number of nitrogens with two attached hydrogens (primary N) is 1. The van der Waals surface area contributed by atoms with Crippen molar-refractivity contribution in [2.24, 2.45) is 11.7 Å². The van der Waals surface area contributed by atoms with Crippen molar-refractivity contribution in [2.45, 2.75) is 26.3 Å². The van der Waals surface area contributed by atoms with Gasteiger partial charge in [0.2, 0.25) is 0 Å². The summed E-state index contributed by atoms with van der Waals surface area (Å²) in [5.74, 6) is 1.30. The van der Waals surface area contributed by atoms with Gasteiger partial charge in [-0.05, 0) is 18.1 Å². The minimum atomic E-state index is 0.0986. The zero-order chi connectivity index (χ0) is 12.6. The SMILES string of the molecule is CC(C)C(N)Cc1nc2cc(Cl)c(Cl)cc2[nH]1. The minimum absolute atomic E-state index is 0.0986. The Balaban J connectivity index is 2.32. The molecule has 1 atom stereocenters. The quantitative estimate of drug-likeness (QED) is 0.899. The third-order valence-electron chi connectivity index (χ3n) is 2.86. The zero-order valence-corrected chi connectivity index (χ0v) is 11.3. The lowest BCUT2D eigenvalue weighted by molar-refractivity contribution is 0.483. The highest BCUT2D eigenvalue weighted by Crippen LogP contribution is 2.26. The van der Waals surface area contributed by atoms with E-state index in [0.29, 0.717) is 16.0 Å². The molecule has 0 aliphatic heterocycles. The van der Waals surface area contributed by atoms with Crippen molar-refractivity contribution in [3.05, 3.63) is 28.0 Å². The summed E-state index contributed by atoms with van der Waals surface area (Å²) in [6.07, 6.45) is 0.724. The van der Waals surface area contributed by atoms with Gasteiger partial charge in [0.05, 0.1) is 21.1 Å². The number of hydrogen-bond donors (Lipinski definition) is 2. The molecule has 1 aromatic heterocycles. The van der Waals surface area contributed by atoms with Crippen molar-refractivity contribution in [3.63, 3.8) is 0 Å². The van der Waals surface area contributed by atoms with Gasteiger partial charge in [0.15, 0.2) is 0 Å². The maximum absolute atomic E-state index is 6.02. The molecular weight excluding hydrogens is 257 g/mol. The van der Waals surface area contributed by atoms with Crippen LogP contribution in [0.1, 0.15) is 19.7 Å². The van der Waals surface area contributed by atoms with Crippen LogP contribution in [0.25, 0.3) is 11.0 Å². The Hall–Kier alpha value is -0.770. The average molecular weight is 272 g/mol. The van der Waals surface area contributed by atoms with Crippen LogP contribution in [0.2, 0.25) is 10.0 Å². The highest BCUT2D eigenvalue weighted by Gasteiger charge is 2.12. The molecule has 1 unspecified atom stereocenters. The zero-order valence-electron chi connectivity index (χ0n) is 9.80. The first-order chi connectivity index (χ1) is 7.97. The normalized spacial score (nSPS) is 13.5. The Labute approximate surface area is 110 Å². The van der Waals surface area contributed by atoms with Crippen LogP contribution in [0, 0.1) is 5.92 Å². The third kappa shape index (κ3) is 2.73. The number of imidazole rings is 1. The monoisotopic (exact) mass is 271 g/mol. The lowest BCUT2D eigenvalue weighted by atomic mass is 10.0. The maximum atomic E-state index is 6.02. The molecule has 2 rings (SSSR count). The number of fused-ring (bicyclic) bond motifs is 1. The Morgan fingerprint density at radius 3 is 2.59 bits per heavy atom. The van der Waals surface area contributed by atoms with Gasteiger partial charge in [0.25, 0.3) is 0 Å². The van der Waals surface area contributed by atoms with Gasteiger partial charge in [-0.2, -0.15) is 0 Å². The van der Waals surface area contributed by atoms with E-state index in [0.717, 1.165) is 23.3 Å². The molecule has 1 heterocycles. The molecule has 0 fully saturated rings. The van der Waals surface area contributed by atoms with E-state index in [-0.39, 0.29) is 6.04 Å². The molecule has 0 radical (unpaired) electrons. The van der Waals surface area contributed by atoms with Crippen LogP contribution in [-0.2, 0) is 6.42 Å². The number of aromatic nitrogens is 2. The van der Waals surface area contributed by atoms with Crippen molar-refractivity contribution in [1.82, 2.24) is 9.97 Å². The molecule has 1 aromatic carbocycles. The van der Waals surface area contributed by atoms with Crippen LogP contribution >= 0.6 is 23.2 Å². The predicted octanol–water partition coefficient (Wildman–Crippen LogP) is 3.40. The molecule has 0 spiro atoms. The van der Waals surface area contributed by atoms with Gasteiger partial charge in [-0.25, -0.2) is 4.98 Å². The summed E-state index contributed by atoms with van der Waals surface area (Å²) in [4.78, 5) is 7.67. The van der Waals surface area contributed by atoms with Gasteiger partial charge in [-0.3, -0.25) is 0 Å². The average Bonchev–Trinajstić information content (AvgIpc) is 2.60. The van der Waals surface area contributed by atoms with E-state index < -0.39 is 0 Å². The van der Waals surface area contributed by atoms with Crippen LogP contribution in [0.15, 0.2) is 12.1 Å². The molecule has 0 saturated carbocycles. The lowest BCUT2D eigenvalue weighted by Crippen LogP contribution is -2.29. The van der Waals surface area contributed by atoms with Crippen molar-refractivity contribution in [3.8, 4) is 0 Å². The summed E-state index contributed by atoms with van der Waals surface area (Å²) < 4.78 is 0. The van der Waals surface area contributed by atoms with Crippen LogP contribution in [-0.4, -0.2) is 16.0 Å². The molecule has 3 N–H and O–H groups in total. The number of hydrogen-bond acceptors (Lipinski definition) is 2. The van der Waals surface area contributed by atoms with E-state index in [9.17, 15) is 0 Å². The van der Waals surface area contributed by atoms with Crippen molar-refractivity contribution >= 4 is 34.2 Å². The van der Waals surface area contributed by atoms with Gasteiger partial charge < -0.3 is 10.7 Å². The Morgan fingerprint density at radius 2 is 1.94 bits per heavy atom. The van der Waals surface area contributed by atoms with Crippen molar-refractivity contribution in [1.29, 1.82) is 0 Å². The fraction of sp³-hybridized carbons (Fsp3) is 0.417. The van der Waals surface area contributed by atoms with Crippen LogP contribution in [0.3, 0.4) is 0 Å². The van der Waals surface area contributed by atoms with Crippen molar-refractivity contribution in [2.75, 3.05) is 0 Å². The number of aromatic amines is 1. The molecule has 0 saturated heterocycles. The molecule has 0 amide bonds. The smallest absolute Gasteiger partial charge is 0.108 e. The number of halogens is 2. The summed E-state index contributed by atoms with van der Waals surface area (Å²) in [5, 5.41) is 1.05. The molecular formula is C12H15Cl2N3. The first-order valence-corrected chi connectivity index (χ1v) is 6.32. The first-order valence-electron chi connectivity index (χ1n) is 5.56. The number of nitrogens with zero attached hydrogens (tertiary/aromatic N) is 1. The number of benzene rings is 1. The van der Waals surface area contributed by atoms with E-state index >= 15 is 0 Å². The number of nitrogens with one attached hydrogen (secondary N) is 1. The van der Waals surface area contributed by atoms with E-state index in [2.05, 4.69) is 23.8 Å². The van der Waals surface area contributed by atoms with E-state index in [1.165, 1.54) is 0 Å². The predicted molar refractivity (Wildman–Crippen MR) is 72.6 cm³/mol. The lowest BCUT2D eigenvalue weighted by Gasteiger charge is -2.13. The highest BCUT2D eigenvalue weighted by molar-refractivity contribution is 6.42. The summed E-state index contributed by atoms with van der Waals surface area (Å²) in [5.41, 5.74) is 7.74. The summed E-state index contributed by atoms with van der Waals surface area (Å²) in [7, 11) is 0. The summed E-state index contributed by atoms with van der Waals surface area (Å²) in [6.45, 7) is 4.20.